The number of carbonyl (C=O) groups is 1. The van der Waals surface area contributed by atoms with Gasteiger partial charge in [-0.25, -0.2) is 0 Å². The summed E-state index contributed by atoms with van der Waals surface area (Å²) in [6.45, 7) is 1.86. The van der Waals surface area contributed by atoms with Crippen molar-refractivity contribution in [3.05, 3.63) is 39.4 Å². The molecule has 5 atom stereocenters. The number of benzene rings is 1. The van der Waals surface area contributed by atoms with Crippen molar-refractivity contribution in [2.24, 2.45) is 17.3 Å². The van der Waals surface area contributed by atoms with Crippen LogP contribution in [0.2, 0.25) is 0 Å². The largest absolute Gasteiger partial charge is 0.508 e. The highest BCUT2D eigenvalue weighted by Gasteiger charge is 2.65. The van der Waals surface area contributed by atoms with Crippen molar-refractivity contribution in [3.63, 3.8) is 0 Å². The smallest absolute Gasteiger partial charge is 0.294 e. The Morgan fingerprint density at radius 1 is 1.28 bits per heavy atom. The van der Waals surface area contributed by atoms with Gasteiger partial charge in [0.05, 0.1) is 0 Å². The van der Waals surface area contributed by atoms with Crippen LogP contribution in [0.4, 0.5) is 0 Å². The van der Waals surface area contributed by atoms with Gasteiger partial charge in [-0.05, 0) is 60.8 Å². The highest BCUT2D eigenvalue weighted by atomic mass is 17.0. The number of phenolic OH excluding ortho intramolecular Hbond substituents is 1. The van der Waals surface area contributed by atoms with Crippen molar-refractivity contribution >= 4 is 5.78 Å². The van der Waals surface area contributed by atoms with E-state index >= 15 is 0 Å². The molecule has 1 aromatic carbocycles. The molecule has 2 saturated carbocycles. The van der Waals surface area contributed by atoms with E-state index in [1.165, 1.54) is 6.07 Å². The highest BCUT2D eigenvalue weighted by Crippen LogP contribution is 2.61. The Morgan fingerprint density at radius 3 is 2.72 bits per heavy atom. The lowest BCUT2D eigenvalue weighted by Crippen LogP contribution is -2.61. The lowest BCUT2D eigenvalue weighted by Gasteiger charge is -2.55. The molecule has 2 N–H and O–H groups in total. The second-order valence-electron chi connectivity index (χ2n) is 7.82. The van der Waals surface area contributed by atoms with Crippen molar-refractivity contribution in [2.75, 3.05) is 0 Å². The summed E-state index contributed by atoms with van der Waals surface area (Å²) >= 11 is 0. The molecule has 4 rings (SSSR count). The molecular weight excluding hydrogens is 326 g/mol. The van der Waals surface area contributed by atoms with Gasteiger partial charge in [0.15, 0.2) is 0 Å². The average molecular weight is 347 g/mol. The SMILES string of the molecule is C[C@]12C[C@H](O[N+](=O)[O-])C3(O)c4ccc(O)cc4CC[C@H]3[C@@H]1CCC2=O. The molecule has 25 heavy (non-hydrogen) atoms. The predicted octanol–water partition coefficient (Wildman–Crippen LogP) is 2.11. The van der Waals surface area contributed by atoms with Crippen LogP contribution in [0, 0.1) is 27.4 Å². The molecule has 2 fully saturated rings. The summed E-state index contributed by atoms with van der Waals surface area (Å²) in [5, 5.41) is 31.6. The van der Waals surface area contributed by atoms with Crippen LogP contribution in [0.15, 0.2) is 18.2 Å². The zero-order valence-electron chi connectivity index (χ0n) is 14.0. The number of aryl methyl sites for hydroxylation is 1. The van der Waals surface area contributed by atoms with Gasteiger partial charge in [0, 0.05) is 11.8 Å². The van der Waals surface area contributed by atoms with E-state index in [1.807, 2.05) is 6.92 Å². The topological polar surface area (TPSA) is 110 Å². The molecule has 0 heterocycles. The third kappa shape index (κ3) is 2.11. The molecule has 3 aliphatic rings. The molecule has 1 aromatic rings. The molecular formula is C18H21NO6. The molecule has 134 valence electrons. The summed E-state index contributed by atoms with van der Waals surface area (Å²) in [6, 6.07) is 4.71. The molecule has 0 amide bonds. The van der Waals surface area contributed by atoms with Gasteiger partial charge in [0.1, 0.15) is 23.2 Å². The third-order valence-electron chi connectivity index (χ3n) is 6.75. The first kappa shape index (κ1) is 16.3. The average Bonchev–Trinajstić information content (AvgIpc) is 2.82. The van der Waals surface area contributed by atoms with Crippen molar-refractivity contribution in [1.29, 1.82) is 0 Å². The summed E-state index contributed by atoms with van der Waals surface area (Å²) in [5.74, 6) is -0.0875. The standard InChI is InChI=1S/C18H21NO6/c1-17-9-16(25-19(23)24)18(22)12-5-3-11(20)8-10(12)2-4-14(18)13(17)6-7-15(17)21/h3,5,8,13-14,16,20,22H,2,4,6-7,9H2,1H3/t13-,14-,16-,17-,18?/m0/s1. The molecule has 0 spiro atoms. The van der Waals surface area contributed by atoms with Crippen LogP contribution in [0.5, 0.6) is 5.75 Å². The van der Waals surface area contributed by atoms with Crippen LogP contribution in [0.1, 0.15) is 43.7 Å². The van der Waals surface area contributed by atoms with E-state index in [-0.39, 0.29) is 29.8 Å². The van der Waals surface area contributed by atoms with Crippen LogP contribution in [0.3, 0.4) is 0 Å². The van der Waals surface area contributed by atoms with E-state index in [1.54, 1.807) is 12.1 Å². The molecule has 0 aliphatic heterocycles. The fourth-order valence-electron chi connectivity index (χ4n) is 5.60. The Balaban J connectivity index is 1.87. The minimum Gasteiger partial charge on any atom is -0.508 e. The quantitative estimate of drug-likeness (QED) is 0.626. The van der Waals surface area contributed by atoms with Crippen molar-refractivity contribution in [3.8, 4) is 5.75 Å². The number of ketones is 1. The van der Waals surface area contributed by atoms with Crippen LogP contribution in [-0.2, 0) is 21.7 Å². The molecule has 7 nitrogen and oxygen atoms in total. The van der Waals surface area contributed by atoms with Gasteiger partial charge in [-0.3, -0.25) is 4.79 Å². The Morgan fingerprint density at radius 2 is 2.00 bits per heavy atom. The molecule has 0 bridgehead atoms. The summed E-state index contributed by atoms with van der Waals surface area (Å²) < 4.78 is 0. The monoisotopic (exact) mass is 347 g/mol. The van der Waals surface area contributed by atoms with Gasteiger partial charge in [-0.15, -0.1) is 10.1 Å². The lowest BCUT2D eigenvalue weighted by molar-refractivity contribution is -0.775. The minimum atomic E-state index is -1.52. The number of fused-ring (bicyclic) bond motifs is 5. The van der Waals surface area contributed by atoms with Crippen molar-refractivity contribution in [1.82, 2.24) is 0 Å². The maximum Gasteiger partial charge on any atom is 0.294 e. The molecule has 3 aliphatic carbocycles. The van der Waals surface area contributed by atoms with Crippen LogP contribution >= 0.6 is 0 Å². The molecule has 7 heteroatoms. The Hall–Kier alpha value is -2.15. The van der Waals surface area contributed by atoms with Gasteiger partial charge in [-0.2, -0.15) is 0 Å². The number of hydrogen-bond donors (Lipinski definition) is 2. The third-order valence-corrected chi connectivity index (χ3v) is 6.75. The van der Waals surface area contributed by atoms with Gasteiger partial charge in [-0.1, -0.05) is 13.0 Å². The number of rotatable bonds is 2. The number of Topliss-reactive ketones (excluding diaryl/α,β-unsaturated/α-hetero) is 1. The van der Waals surface area contributed by atoms with E-state index in [9.17, 15) is 25.1 Å². The van der Waals surface area contributed by atoms with Gasteiger partial charge in [0.25, 0.3) is 5.09 Å². The van der Waals surface area contributed by atoms with Gasteiger partial charge < -0.3 is 15.1 Å². The number of hydrogen-bond acceptors (Lipinski definition) is 6. The normalized spacial score (nSPS) is 39.3. The van der Waals surface area contributed by atoms with E-state index in [0.717, 1.165) is 5.56 Å². The Kier molecular flexibility index (Phi) is 3.38. The van der Waals surface area contributed by atoms with E-state index in [2.05, 4.69) is 0 Å². The van der Waals surface area contributed by atoms with Crippen LogP contribution < -0.4 is 0 Å². The molecule has 1 unspecified atom stereocenters. The number of nitrogens with zero attached hydrogens (tertiary/aromatic N) is 1. The lowest BCUT2D eigenvalue weighted by atomic mass is 9.52. The zero-order chi connectivity index (χ0) is 18.0. The summed E-state index contributed by atoms with van der Waals surface area (Å²) in [5.41, 5.74) is -0.853. The van der Waals surface area contributed by atoms with Gasteiger partial charge in [0.2, 0.25) is 0 Å². The first-order valence-electron chi connectivity index (χ1n) is 8.66. The number of phenols is 1. The second kappa shape index (κ2) is 5.17. The summed E-state index contributed by atoms with van der Waals surface area (Å²) in [6.07, 6.45) is 1.44. The fourth-order valence-corrected chi connectivity index (χ4v) is 5.60. The predicted molar refractivity (Wildman–Crippen MR) is 86.1 cm³/mol. The molecule has 0 saturated heterocycles. The Labute approximate surface area is 144 Å². The maximum atomic E-state index is 12.5. The van der Waals surface area contributed by atoms with Gasteiger partial charge >= 0.3 is 0 Å². The number of aromatic hydroxyl groups is 1. The summed E-state index contributed by atoms with van der Waals surface area (Å²) in [4.78, 5) is 28.5. The fraction of sp³-hybridized carbons (Fsp3) is 0.611. The van der Waals surface area contributed by atoms with E-state index in [4.69, 9.17) is 4.84 Å². The number of aliphatic hydroxyl groups is 1. The highest BCUT2D eigenvalue weighted by molar-refractivity contribution is 5.87. The Bertz CT molecular complexity index is 764. The first-order chi connectivity index (χ1) is 11.8. The minimum absolute atomic E-state index is 0.0152. The van der Waals surface area contributed by atoms with Crippen LogP contribution in [-0.4, -0.2) is 27.2 Å². The number of carbonyl (C=O) groups excluding carboxylic acids is 1. The van der Waals surface area contributed by atoms with Crippen LogP contribution in [0.25, 0.3) is 0 Å². The second-order valence-corrected chi connectivity index (χ2v) is 7.82. The zero-order valence-corrected chi connectivity index (χ0v) is 14.0. The maximum absolute atomic E-state index is 12.5. The van der Waals surface area contributed by atoms with Crippen molar-refractivity contribution < 1.29 is 24.9 Å². The molecule has 0 radical (unpaired) electrons. The van der Waals surface area contributed by atoms with E-state index in [0.29, 0.717) is 31.2 Å². The van der Waals surface area contributed by atoms with Crippen molar-refractivity contribution in [2.45, 2.75) is 50.7 Å². The van der Waals surface area contributed by atoms with E-state index < -0.39 is 22.2 Å². The first-order valence-corrected chi connectivity index (χ1v) is 8.66. The summed E-state index contributed by atoms with van der Waals surface area (Å²) in [7, 11) is 0. The molecule has 0 aromatic heterocycles.